The molecule has 0 aliphatic heterocycles. The molecule has 3 nitrogen and oxygen atoms in total. The van der Waals surface area contributed by atoms with E-state index in [0.29, 0.717) is 11.3 Å². The van der Waals surface area contributed by atoms with E-state index in [1.807, 2.05) is 28.7 Å². The van der Waals surface area contributed by atoms with Gasteiger partial charge in [-0.05, 0) is 34.7 Å². The maximum absolute atomic E-state index is 10.1. The number of benzene rings is 1. The Balaban J connectivity index is 3.49. The molecule has 0 unspecified atom stereocenters. The third kappa shape index (κ3) is 2.37. The van der Waals surface area contributed by atoms with Gasteiger partial charge in [-0.25, -0.2) is 4.79 Å². The molecule has 0 aliphatic rings. The van der Waals surface area contributed by atoms with Crippen molar-refractivity contribution < 1.29 is 4.79 Å². The normalized spacial score (nSPS) is 8.69. The molecule has 0 N–H and O–H groups in total. The topological polar surface area (TPSA) is 53.2 Å². The Morgan fingerprint density at radius 3 is 2.77 bits per heavy atom. The standard InChI is InChI=1S/C8H2BrIN2O/c9-6-1-5(3-11)8(12-4-13)7(10)2-6/h1-2H. The molecule has 1 rings (SSSR count). The van der Waals surface area contributed by atoms with Crippen LogP contribution in [0, 0.1) is 14.9 Å². The van der Waals surface area contributed by atoms with Crippen LogP contribution in [-0.4, -0.2) is 6.08 Å². The minimum atomic E-state index is 0.363. The second-order valence-electron chi connectivity index (χ2n) is 2.10. The SMILES string of the molecule is N#Cc1cc(Br)cc(I)c1N=C=O. The van der Waals surface area contributed by atoms with Gasteiger partial charge in [-0.3, -0.25) is 0 Å². The molecule has 0 aliphatic carbocycles. The third-order valence-corrected chi connectivity index (χ3v) is 2.59. The number of aliphatic imine (C=N–C) groups is 1. The Morgan fingerprint density at radius 1 is 1.54 bits per heavy atom. The fourth-order valence-corrected chi connectivity index (χ4v) is 2.44. The molecule has 5 heteroatoms. The molecule has 0 fully saturated rings. The zero-order chi connectivity index (χ0) is 9.84. The lowest BCUT2D eigenvalue weighted by Crippen LogP contribution is -1.81. The third-order valence-electron chi connectivity index (χ3n) is 1.31. The van der Waals surface area contributed by atoms with E-state index in [4.69, 9.17) is 5.26 Å². The van der Waals surface area contributed by atoms with Gasteiger partial charge in [0.1, 0.15) is 11.8 Å². The summed E-state index contributed by atoms with van der Waals surface area (Å²) >= 11 is 5.25. The molecule has 64 valence electrons. The van der Waals surface area contributed by atoms with Gasteiger partial charge in [0, 0.05) is 8.04 Å². The highest BCUT2D eigenvalue weighted by Gasteiger charge is 2.06. The number of hydrogen-bond acceptors (Lipinski definition) is 3. The van der Waals surface area contributed by atoms with Gasteiger partial charge < -0.3 is 0 Å². The maximum atomic E-state index is 10.1. The lowest BCUT2D eigenvalue weighted by Gasteiger charge is -1.99. The predicted molar refractivity (Wildman–Crippen MR) is 59.4 cm³/mol. The molecule has 1 aromatic carbocycles. The molecule has 0 bridgehead atoms. The number of nitriles is 1. The van der Waals surface area contributed by atoms with Gasteiger partial charge >= 0.3 is 0 Å². The van der Waals surface area contributed by atoms with E-state index in [9.17, 15) is 4.79 Å². The first-order valence-electron chi connectivity index (χ1n) is 3.16. The Labute approximate surface area is 96.7 Å². The van der Waals surface area contributed by atoms with Crippen LogP contribution >= 0.6 is 38.5 Å². The van der Waals surface area contributed by atoms with E-state index in [-0.39, 0.29) is 0 Å². The van der Waals surface area contributed by atoms with E-state index in [0.717, 1.165) is 8.04 Å². The summed E-state index contributed by atoms with van der Waals surface area (Å²) in [7, 11) is 0. The molecular weight excluding hydrogens is 347 g/mol. The van der Waals surface area contributed by atoms with Crippen LogP contribution in [0.3, 0.4) is 0 Å². The van der Waals surface area contributed by atoms with E-state index in [1.165, 1.54) is 6.08 Å². The van der Waals surface area contributed by atoms with Gasteiger partial charge in [-0.1, -0.05) is 15.9 Å². The van der Waals surface area contributed by atoms with Gasteiger partial charge in [0.2, 0.25) is 6.08 Å². The summed E-state index contributed by atoms with van der Waals surface area (Å²) in [5.74, 6) is 0. The van der Waals surface area contributed by atoms with Crippen LogP contribution in [-0.2, 0) is 4.79 Å². The van der Waals surface area contributed by atoms with Crippen LogP contribution in [0.15, 0.2) is 21.6 Å². The van der Waals surface area contributed by atoms with E-state index in [2.05, 4.69) is 20.9 Å². The van der Waals surface area contributed by atoms with Crippen molar-refractivity contribution in [2.75, 3.05) is 0 Å². The fraction of sp³-hybridized carbons (Fsp3) is 0. The van der Waals surface area contributed by atoms with Crippen molar-refractivity contribution in [3.05, 3.63) is 25.7 Å². The monoisotopic (exact) mass is 348 g/mol. The molecule has 1 aromatic rings. The highest BCUT2D eigenvalue weighted by molar-refractivity contribution is 14.1. The lowest BCUT2D eigenvalue weighted by molar-refractivity contribution is 0.565. The number of isocyanates is 1. The molecule has 0 aromatic heterocycles. The van der Waals surface area contributed by atoms with Crippen LogP contribution in [0.25, 0.3) is 0 Å². The first kappa shape index (κ1) is 10.4. The first-order valence-corrected chi connectivity index (χ1v) is 5.03. The Hall–Kier alpha value is -0.700. The van der Waals surface area contributed by atoms with Crippen molar-refractivity contribution in [2.24, 2.45) is 4.99 Å². The van der Waals surface area contributed by atoms with Crippen molar-refractivity contribution in [2.45, 2.75) is 0 Å². The van der Waals surface area contributed by atoms with E-state index < -0.39 is 0 Å². The Bertz CT molecular complexity index is 433. The van der Waals surface area contributed by atoms with Crippen molar-refractivity contribution in [3.8, 4) is 6.07 Å². The quantitative estimate of drug-likeness (QED) is 0.445. The Morgan fingerprint density at radius 2 is 2.23 bits per heavy atom. The van der Waals surface area contributed by atoms with Crippen LogP contribution < -0.4 is 0 Å². The molecule has 0 spiro atoms. The fourth-order valence-electron chi connectivity index (χ4n) is 0.810. The van der Waals surface area contributed by atoms with E-state index >= 15 is 0 Å². The largest absolute Gasteiger partial charge is 0.240 e. The van der Waals surface area contributed by atoms with Gasteiger partial charge in [-0.2, -0.15) is 10.3 Å². The maximum Gasteiger partial charge on any atom is 0.240 e. The number of halogens is 2. The average molecular weight is 349 g/mol. The molecule has 0 atom stereocenters. The van der Waals surface area contributed by atoms with Crippen LogP contribution in [0.4, 0.5) is 5.69 Å². The van der Waals surface area contributed by atoms with Crippen molar-refractivity contribution in [3.63, 3.8) is 0 Å². The van der Waals surface area contributed by atoms with Gasteiger partial charge in [-0.15, -0.1) is 0 Å². The molecule has 0 heterocycles. The summed E-state index contributed by atoms with van der Waals surface area (Å²) in [6.07, 6.45) is 1.42. The molecule has 0 saturated heterocycles. The minimum absolute atomic E-state index is 0.363. The molecule has 0 amide bonds. The first-order chi connectivity index (χ1) is 6.19. The highest BCUT2D eigenvalue weighted by Crippen LogP contribution is 2.29. The zero-order valence-corrected chi connectivity index (χ0v) is 9.96. The Kier molecular flexibility index (Phi) is 3.60. The summed E-state index contributed by atoms with van der Waals surface area (Å²) in [4.78, 5) is 13.5. The predicted octanol–water partition coefficient (Wildman–Crippen LogP) is 2.89. The second kappa shape index (κ2) is 4.51. The van der Waals surface area contributed by atoms with Crippen molar-refractivity contribution >= 4 is 50.3 Å². The number of rotatable bonds is 1. The summed E-state index contributed by atoms with van der Waals surface area (Å²) in [5.41, 5.74) is 0.739. The summed E-state index contributed by atoms with van der Waals surface area (Å²) in [6, 6.07) is 5.34. The van der Waals surface area contributed by atoms with E-state index in [1.54, 1.807) is 12.1 Å². The van der Waals surface area contributed by atoms with Gasteiger partial charge in [0.15, 0.2) is 0 Å². The van der Waals surface area contributed by atoms with Crippen molar-refractivity contribution in [1.82, 2.24) is 0 Å². The summed E-state index contributed by atoms with van der Waals surface area (Å²) in [5, 5.41) is 8.73. The van der Waals surface area contributed by atoms with Crippen molar-refractivity contribution in [1.29, 1.82) is 5.26 Å². The molecule has 0 saturated carbocycles. The molecule has 13 heavy (non-hydrogen) atoms. The lowest BCUT2D eigenvalue weighted by atomic mass is 10.2. The number of carbonyl (C=O) groups excluding carboxylic acids is 1. The second-order valence-corrected chi connectivity index (χ2v) is 4.18. The zero-order valence-electron chi connectivity index (χ0n) is 6.21. The van der Waals surface area contributed by atoms with Crippen LogP contribution in [0.2, 0.25) is 0 Å². The summed E-state index contributed by atoms with van der Waals surface area (Å²) in [6.45, 7) is 0. The van der Waals surface area contributed by atoms with Crippen LogP contribution in [0.1, 0.15) is 5.56 Å². The van der Waals surface area contributed by atoms with Gasteiger partial charge in [0.05, 0.1) is 5.56 Å². The average Bonchev–Trinajstić information content (AvgIpc) is 2.09. The molecule has 0 radical (unpaired) electrons. The smallest absolute Gasteiger partial charge is 0.211 e. The van der Waals surface area contributed by atoms with Gasteiger partial charge in [0.25, 0.3) is 0 Å². The number of nitrogens with zero attached hydrogens (tertiary/aromatic N) is 2. The summed E-state index contributed by atoms with van der Waals surface area (Å²) < 4.78 is 1.53. The molecular formula is C8H2BrIN2O. The minimum Gasteiger partial charge on any atom is -0.211 e. The van der Waals surface area contributed by atoms with Crippen LogP contribution in [0.5, 0.6) is 0 Å². The number of hydrogen-bond donors (Lipinski definition) is 0. The highest BCUT2D eigenvalue weighted by atomic mass is 127.